The molecule has 0 aliphatic carbocycles. The van der Waals surface area contributed by atoms with Gasteiger partial charge in [0.05, 0.1) is 13.1 Å². The predicted octanol–water partition coefficient (Wildman–Crippen LogP) is 0.618. The molecule has 0 bridgehead atoms. The lowest BCUT2D eigenvalue weighted by Crippen LogP contribution is -2.37. The summed E-state index contributed by atoms with van der Waals surface area (Å²) in [7, 11) is 5.95. The van der Waals surface area contributed by atoms with E-state index in [9.17, 15) is 27.6 Å². The van der Waals surface area contributed by atoms with E-state index >= 15 is 0 Å². The fourth-order valence-electron chi connectivity index (χ4n) is 3.23. The maximum atomic E-state index is 12.3. The summed E-state index contributed by atoms with van der Waals surface area (Å²) < 4.78 is 23.4. The summed E-state index contributed by atoms with van der Waals surface area (Å²) in [5.41, 5.74) is 0.696. The average Bonchev–Trinajstić information content (AvgIpc) is 3.60. The highest BCUT2D eigenvalue weighted by molar-refractivity contribution is 7.98. The minimum absolute atomic E-state index is 0.0167. The molecule has 4 aromatic heterocycles. The number of sulfone groups is 1. The van der Waals surface area contributed by atoms with Gasteiger partial charge in [0.2, 0.25) is 11.8 Å². The number of aromatic nitrogens is 6. The van der Waals surface area contributed by atoms with E-state index in [-0.39, 0.29) is 46.4 Å². The molecule has 0 aliphatic heterocycles. The topological polar surface area (TPSA) is 193 Å². The van der Waals surface area contributed by atoms with E-state index in [1.54, 1.807) is 35.2 Å². The largest absolute Gasteiger partial charge is 0.347 e. The van der Waals surface area contributed by atoms with E-state index < -0.39 is 15.7 Å². The van der Waals surface area contributed by atoms with Crippen LogP contribution in [0.4, 0.5) is 0 Å². The van der Waals surface area contributed by atoms with Crippen LogP contribution in [-0.2, 0) is 19.4 Å². The number of amides is 4. The lowest BCUT2D eigenvalue weighted by molar-refractivity contribution is -0.129. The molecule has 0 spiro atoms. The molecule has 4 rings (SSSR count). The van der Waals surface area contributed by atoms with Crippen molar-refractivity contribution in [3.05, 3.63) is 22.7 Å². The van der Waals surface area contributed by atoms with Gasteiger partial charge in [0, 0.05) is 48.5 Å². The first-order chi connectivity index (χ1) is 20.5. The molecule has 0 fully saturated rings. The van der Waals surface area contributed by atoms with E-state index in [1.165, 1.54) is 56.1 Å². The van der Waals surface area contributed by atoms with Gasteiger partial charge in [0.25, 0.3) is 11.8 Å². The summed E-state index contributed by atoms with van der Waals surface area (Å²) in [6.45, 7) is -0.0881. The molecule has 44 heavy (non-hydrogen) atoms. The van der Waals surface area contributed by atoms with Gasteiger partial charge in [0.1, 0.15) is 38.4 Å². The van der Waals surface area contributed by atoms with Crippen molar-refractivity contribution in [3.63, 3.8) is 0 Å². The molecular formula is C24H30N10O6S4. The van der Waals surface area contributed by atoms with E-state index in [4.69, 9.17) is 0 Å². The Morgan fingerprint density at radius 3 is 1.59 bits per heavy atom. The van der Waals surface area contributed by atoms with Crippen molar-refractivity contribution in [3.8, 4) is 0 Å². The number of likely N-dealkylation sites (N-methyl/N-ethyl adjacent to an activating group) is 4. The van der Waals surface area contributed by atoms with Crippen LogP contribution in [0.2, 0.25) is 0 Å². The molecule has 236 valence electrons. The molecule has 0 aromatic carbocycles. The Morgan fingerprint density at radius 1 is 0.727 bits per heavy atom. The standard InChI is InChI=1S/C12H15N5O4S2.C12H15N5O2S2/c1-16(2)7(18)5-17(3)12(19)10-15-8-9(22-10)13-6-14-11(8)23(4,20)21;1-16(2)7(18)5-17(3)12(19)11-15-8-9(20-4)13-6-14-10(8)21-11/h6H,5H2,1-4H3;6H,5H2,1-4H3. The van der Waals surface area contributed by atoms with Crippen LogP contribution in [0.15, 0.2) is 22.7 Å². The van der Waals surface area contributed by atoms with Crippen molar-refractivity contribution in [1.29, 1.82) is 0 Å². The van der Waals surface area contributed by atoms with Crippen LogP contribution >= 0.6 is 34.4 Å². The Morgan fingerprint density at radius 2 is 1.16 bits per heavy atom. The average molecular weight is 683 g/mol. The molecule has 4 amide bonds. The first-order valence-electron chi connectivity index (χ1n) is 12.4. The number of thiazole rings is 2. The summed E-state index contributed by atoms with van der Waals surface area (Å²) in [5, 5.41) is 0.890. The smallest absolute Gasteiger partial charge is 0.283 e. The quantitative estimate of drug-likeness (QED) is 0.186. The number of rotatable bonds is 8. The van der Waals surface area contributed by atoms with Crippen LogP contribution < -0.4 is 0 Å². The Balaban J connectivity index is 0.000000241. The molecule has 4 heterocycles. The van der Waals surface area contributed by atoms with Crippen molar-refractivity contribution < 1.29 is 27.6 Å². The first-order valence-corrected chi connectivity index (χ1v) is 17.2. The van der Waals surface area contributed by atoms with Gasteiger partial charge < -0.3 is 19.6 Å². The molecule has 0 saturated carbocycles. The van der Waals surface area contributed by atoms with Crippen molar-refractivity contribution in [1.82, 2.24) is 49.5 Å². The zero-order valence-electron chi connectivity index (χ0n) is 25.1. The highest BCUT2D eigenvalue weighted by Gasteiger charge is 2.24. The second kappa shape index (κ2) is 14.3. The normalized spacial score (nSPS) is 11.1. The van der Waals surface area contributed by atoms with Gasteiger partial charge in [-0.3, -0.25) is 19.2 Å². The molecule has 0 aliphatic rings. The maximum Gasteiger partial charge on any atom is 0.283 e. The third-order valence-corrected chi connectivity index (χ3v) is 9.26. The van der Waals surface area contributed by atoms with Gasteiger partial charge in [0.15, 0.2) is 24.9 Å². The van der Waals surface area contributed by atoms with E-state index in [0.29, 0.717) is 20.2 Å². The van der Waals surface area contributed by atoms with Gasteiger partial charge >= 0.3 is 0 Å². The summed E-state index contributed by atoms with van der Waals surface area (Å²) in [6.07, 6.45) is 5.48. The molecular weight excluding hydrogens is 653 g/mol. The van der Waals surface area contributed by atoms with Crippen molar-refractivity contribution in [2.75, 3.05) is 67.9 Å². The summed E-state index contributed by atoms with van der Waals surface area (Å²) in [5.74, 6) is -1.15. The van der Waals surface area contributed by atoms with Gasteiger partial charge in [-0.2, -0.15) is 0 Å². The minimum atomic E-state index is -3.58. The van der Waals surface area contributed by atoms with Gasteiger partial charge in [-0.1, -0.05) is 22.7 Å². The monoisotopic (exact) mass is 682 g/mol. The van der Waals surface area contributed by atoms with Gasteiger partial charge in [-0.15, -0.1) is 11.8 Å². The van der Waals surface area contributed by atoms with Crippen LogP contribution in [-0.4, -0.2) is 149 Å². The van der Waals surface area contributed by atoms with Crippen LogP contribution in [0.5, 0.6) is 0 Å². The lowest BCUT2D eigenvalue weighted by Gasteiger charge is -2.17. The molecule has 4 aromatic rings. The van der Waals surface area contributed by atoms with Crippen molar-refractivity contribution in [2.45, 2.75) is 10.1 Å². The first kappa shape index (κ1) is 34.6. The number of carbonyl (C=O) groups is 4. The van der Waals surface area contributed by atoms with E-state index in [2.05, 4.69) is 29.9 Å². The minimum Gasteiger partial charge on any atom is -0.347 e. The maximum absolute atomic E-state index is 12.3. The highest BCUT2D eigenvalue weighted by Crippen LogP contribution is 2.27. The third kappa shape index (κ3) is 8.18. The number of thioether (sulfide) groups is 1. The predicted molar refractivity (Wildman–Crippen MR) is 167 cm³/mol. The third-order valence-electron chi connectivity index (χ3n) is 5.67. The second-order valence-electron chi connectivity index (χ2n) is 9.58. The lowest BCUT2D eigenvalue weighted by atomic mass is 10.4. The molecule has 0 atom stereocenters. The summed E-state index contributed by atoms with van der Waals surface area (Å²) in [6, 6.07) is 0. The van der Waals surface area contributed by atoms with E-state index in [0.717, 1.165) is 28.9 Å². The molecule has 16 nitrogen and oxygen atoms in total. The molecule has 0 radical (unpaired) electrons. The number of nitrogens with zero attached hydrogens (tertiary/aromatic N) is 10. The van der Waals surface area contributed by atoms with Gasteiger partial charge in [-0.05, 0) is 6.26 Å². The number of hydrogen-bond acceptors (Lipinski definition) is 15. The van der Waals surface area contributed by atoms with Crippen LogP contribution in [0.1, 0.15) is 19.6 Å². The fourth-order valence-corrected chi connectivity index (χ4v) is 6.38. The Labute approximate surface area is 265 Å². The van der Waals surface area contributed by atoms with Crippen LogP contribution in [0.3, 0.4) is 0 Å². The van der Waals surface area contributed by atoms with Crippen molar-refractivity contribution >= 4 is 88.6 Å². The Hall–Kier alpha value is -3.88. The summed E-state index contributed by atoms with van der Waals surface area (Å²) >= 11 is 3.62. The van der Waals surface area contributed by atoms with E-state index in [1.807, 2.05) is 6.26 Å². The Kier molecular flexibility index (Phi) is 11.2. The van der Waals surface area contributed by atoms with Crippen LogP contribution in [0, 0.1) is 0 Å². The molecule has 0 unspecified atom stereocenters. The fraction of sp³-hybridized carbons (Fsp3) is 0.417. The summed E-state index contributed by atoms with van der Waals surface area (Å²) in [4.78, 5) is 78.6. The van der Waals surface area contributed by atoms with Crippen molar-refractivity contribution in [2.24, 2.45) is 0 Å². The van der Waals surface area contributed by atoms with Gasteiger partial charge in [-0.25, -0.2) is 38.3 Å². The zero-order valence-corrected chi connectivity index (χ0v) is 28.4. The molecule has 0 saturated heterocycles. The van der Waals surface area contributed by atoms with Crippen LogP contribution in [0.25, 0.3) is 20.7 Å². The zero-order chi connectivity index (χ0) is 32.9. The second-order valence-corrected chi connectivity index (χ2v) is 14.3. The number of carbonyl (C=O) groups excluding carboxylic acids is 4. The SMILES string of the molecule is CN(C)C(=O)CN(C)C(=O)c1nc2c(S(C)(=O)=O)ncnc2s1.CSc1ncnc2sc(C(=O)N(C)CC(=O)N(C)C)nc12. The number of fused-ring (bicyclic) bond motifs is 2. The molecule has 0 N–H and O–H groups in total. The molecule has 20 heteroatoms. The number of hydrogen-bond donors (Lipinski definition) is 0. The Bertz CT molecular complexity index is 1820. The highest BCUT2D eigenvalue weighted by atomic mass is 32.2.